The van der Waals surface area contributed by atoms with E-state index in [0.717, 1.165) is 38.8 Å². The molecule has 2 saturated heterocycles. The van der Waals surface area contributed by atoms with Crippen LogP contribution in [-0.4, -0.2) is 78.6 Å². The standard InChI is InChI=1S/C17H26ClN5O3S/c1-12-15(19-11-20-16(12)18)17(24)23-9-5-14(6-10-23)22-7-3-13(4-8-22)21-27(2,25)26/h11,13-14,21H,3-10H2,1-2H3. The SMILES string of the molecule is Cc1c(Cl)ncnc1C(=O)N1CCC(N2CCC(NS(C)(=O)=O)CC2)CC1. The Bertz CT molecular complexity index is 788. The number of carbonyl (C=O) groups is 1. The smallest absolute Gasteiger partial charge is 0.272 e. The summed E-state index contributed by atoms with van der Waals surface area (Å²) in [4.78, 5) is 25.0. The zero-order valence-electron chi connectivity index (χ0n) is 15.7. The molecule has 0 saturated carbocycles. The lowest BCUT2D eigenvalue weighted by molar-refractivity contribution is 0.0570. The highest BCUT2D eigenvalue weighted by Crippen LogP contribution is 2.23. The molecule has 0 radical (unpaired) electrons. The van der Waals surface area contributed by atoms with Crippen LogP contribution in [0.2, 0.25) is 5.15 Å². The number of hydrogen-bond acceptors (Lipinski definition) is 6. The summed E-state index contributed by atoms with van der Waals surface area (Å²) < 4.78 is 25.4. The van der Waals surface area contributed by atoms with E-state index in [1.54, 1.807) is 6.92 Å². The molecule has 0 unspecified atom stereocenters. The van der Waals surface area contributed by atoms with Crippen LogP contribution in [0.25, 0.3) is 0 Å². The lowest BCUT2D eigenvalue weighted by atomic mass is 9.98. The lowest BCUT2D eigenvalue weighted by Crippen LogP contribution is -2.51. The Balaban J connectivity index is 1.51. The number of hydrogen-bond donors (Lipinski definition) is 1. The van der Waals surface area contributed by atoms with Gasteiger partial charge in [-0.15, -0.1) is 0 Å². The first-order chi connectivity index (χ1) is 12.7. The van der Waals surface area contributed by atoms with E-state index < -0.39 is 10.0 Å². The van der Waals surface area contributed by atoms with Crippen molar-refractivity contribution >= 4 is 27.5 Å². The number of aromatic nitrogens is 2. The summed E-state index contributed by atoms with van der Waals surface area (Å²) in [5.41, 5.74) is 0.993. The van der Waals surface area contributed by atoms with Crippen LogP contribution < -0.4 is 4.72 Å². The van der Waals surface area contributed by atoms with Crippen molar-refractivity contribution in [2.24, 2.45) is 0 Å². The summed E-state index contributed by atoms with van der Waals surface area (Å²) in [5, 5.41) is 0.314. The molecule has 2 fully saturated rings. The molecule has 10 heteroatoms. The van der Waals surface area contributed by atoms with E-state index in [2.05, 4.69) is 19.6 Å². The molecule has 0 spiro atoms. The van der Waals surface area contributed by atoms with Crippen LogP contribution in [0.4, 0.5) is 0 Å². The monoisotopic (exact) mass is 415 g/mol. The molecule has 1 aromatic rings. The van der Waals surface area contributed by atoms with Gasteiger partial charge in [-0.05, 0) is 45.7 Å². The molecular formula is C17H26ClN5O3S. The van der Waals surface area contributed by atoms with Gasteiger partial charge in [-0.1, -0.05) is 11.6 Å². The highest BCUT2D eigenvalue weighted by molar-refractivity contribution is 7.88. The highest BCUT2D eigenvalue weighted by Gasteiger charge is 2.31. The molecule has 150 valence electrons. The molecule has 2 aliphatic heterocycles. The number of halogens is 1. The molecule has 1 amide bonds. The predicted octanol–water partition coefficient (Wildman–Crippen LogP) is 1.06. The van der Waals surface area contributed by atoms with Crippen molar-refractivity contribution < 1.29 is 13.2 Å². The van der Waals surface area contributed by atoms with Crippen molar-refractivity contribution in [3.8, 4) is 0 Å². The van der Waals surface area contributed by atoms with Crippen LogP contribution in [-0.2, 0) is 10.0 Å². The second-order valence-electron chi connectivity index (χ2n) is 7.36. The Labute approximate surface area is 165 Å². The van der Waals surface area contributed by atoms with Gasteiger partial charge in [0.15, 0.2) is 0 Å². The maximum atomic E-state index is 12.7. The minimum absolute atomic E-state index is 0.0309. The van der Waals surface area contributed by atoms with Crippen molar-refractivity contribution in [3.63, 3.8) is 0 Å². The van der Waals surface area contributed by atoms with E-state index in [4.69, 9.17) is 11.6 Å². The minimum atomic E-state index is -3.15. The number of nitrogens with zero attached hydrogens (tertiary/aromatic N) is 4. The first-order valence-corrected chi connectivity index (χ1v) is 11.5. The van der Waals surface area contributed by atoms with Crippen LogP contribution in [0.15, 0.2) is 6.33 Å². The van der Waals surface area contributed by atoms with Gasteiger partial charge in [0, 0.05) is 30.7 Å². The quantitative estimate of drug-likeness (QED) is 0.738. The second kappa shape index (κ2) is 8.38. The molecular weight excluding hydrogens is 390 g/mol. The van der Waals surface area contributed by atoms with Crippen molar-refractivity contribution in [2.75, 3.05) is 32.4 Å². The Morgan fingerprint density at radius 1 is 1.15 bits per heavy atom. The third-order valence-electron chi connectivity index (χ3n) is 5.40. The van der Waals surface area contributed by atoms with Crippen LogP contribution >= 0.6 is 11.6 Å². The van der Waals surface area contributed by atoms with Crippen LogP contribution in [0.1, 0.15) is 41.7 Å². The first-order valence-electron chi connectivity index (χ1n) is 9.22. The molecule has 1 aromatic heterocycles. The summed E-state index contributed by atoms with van der Waals surface area (Å²) >= 11 is 6.00. The predicted molar refractivity (Wildman–Crippen MR) is 103 cm³/mol. The fourth-order valence-electron chi connectivity index (χ4n) is 3.91. The van der Waals surface area contributed by atoms with E-state index in [0.29, 0.717) is 35.5 Å². The molecule has 2 aliphatic rings. The lowest BCUT2D eigenvalue weighted by Gasteiger charge is -2.41. The Hall–Kier alpha value is -1.29. The fraction of sp³-hybridized carbons (Fsp3) is 0.706. The van der Waals surface area contributed by atoms with Gasteiger partial charge >= 0.3 is 0 Å². The fourth-order valence-corrected chi connectivity index (χ4v) is 4.89. The molecule has 0 aromatic carbocycles. The maximum Gasteiger partial charge on any atom is 0.272 e. The van der Waals surface area contributed by atoms with Gasteiger partial charge in [-0.25, -0.2) is 23.1 Å². The van der Waals surface area contributed by atoms with E-state index in [9.17, 15) is 13.2 Å². The normalized spacial score (nSPS) is 20.8. The number of nitrogens with one attached hydrogen (secondary N) is 1. The number of likely N-dealkylation sites (tertiary alicyclic amines) is 2. The average molecular weight is 416 g/mol. The number of piperidine rings is 2. The molecule has 0 aliphatic carbocycles. The molecule has 8 nitrogen and oxygen atoms in total. The number of amides is 1. The second-order valence-corrected chi connectivity index (χ2v) is 9.50. The third-order valence-corrected chi connectivity index (χ3v) is 6.55. The third kappa shape index (κ3) is 5.16. The topological polar surface area (TPSA) is 95.5 Å². The van der Waals surface area contributed by atoms with E-state index in [-0.39, 0.29) is 11.9 Å². The van der Waals surface area contributed by atoms with Gasteiger partial charge in [0.25, 0.3) is 5.91 Å². The van der Waals surface area contributed by atoms with Gasteiger partial charge < -0.3 is 9.80 Å². The number of sulfonamides is 1. The number of carbonyl (C=O) groups excluding carboxylic acids is 1. The van der Waals surface area contributed by atoms with Crippen molar-refractivity contribution in [2.45, 2.75) is 44.7 Å². The van der Waals surface area contributed by atoms with Gasteiger partial charge in [0.05, 0.1) is 6.26 Å². The average Bonchev–Trinajstić information content (AvgIpc) is 2.63. The zero-order valence-corrected chi connectivity index (χ0v) is 17.3. The summed E-state index contributed by atoms with van der Waals surface area (Å²) in [7, 11) is -3.15. The van der Waals surface area contributed by atoms with Crippen molar-refractivity contribution in [1.29, 1.82) is 0 Å². The Morgan fingerprint density at radius 3 is 2.37 bits per heavy atom. The van der Waals surface area contributed by atoms with Crippen molar-refractivity contribution in [1.82, 2.24) is 24.5 Å². The molecule has 3 rings (SSSR count). The maximum absolute atomic E-state index is 12.7. The molecule has 1 N–H and O–H groups in total. The van der Waals surface area contributed by atoms with E-state index in [1.807, 2.05) is 4.90 Å². The minimum Gasteiger partial charge on any atom is -0.337 e. The van der Waals surface area contributed by atoms with E-state index >= 15 is 0 Å². The summed E-state index contributed by atoms with van der Waals surface area (Å²) in [6, 6.07) is 0.465. The summed E-state index contributed by atoms with van der Waals surface area (Å²) in [6.45, 7) is 4.90. The molecule has 27 heavy (non-hydrogen) atoms. The van der Waals surface area contributed by atoms with Gasteiger partial charge in [0.1, 0.15) is 17.2 Å². The van der Waals surface area contributed by atoms with Crippen molar-refractivity contribution in [3.05, 3.63) is 22.7 Å². The van der Waals surface area contributed by atoms with Crippen LogP contribution in [0.3, 0.4) is 0 Å². The number of rotatable bonds is 4. The summed E-state index contributed by atoms with van der Waals surface area (Å²) in [6.07, 6.45) is 6.00. The Morgan fingerprint density at radius 2 is 1.78 bits per heavy atom. The van der Waals surface area contributed by atoms with E-state index in [1.165, 1.54) is 12.6 Å². The van der Waals surface area contributed by atoms with Gasteiger partial charge in [-0.3, -0.25) is 4.79 Å². The zero-order chi connectivity index (χ0) is 19.6. The first kappa shape index (κ1) is 20.4. The summed E-state index contributed by atoms with van der Waals surface area (Å²) in [5.74, 6) is -0.0914. The molecule has 3 heterocycles. The van der Waals surface area contributed by atoms with Gasteiger partial charge in [0.2, 0.25) is 10.0 Å². The largest absolute Gasteiger partial charge is 0.337 e. The van der Waals surface area contributed by atoms with Gasteiger partial charge in [-0.2, -0.15) is 0 Å². The Kier molecular flexibility index (Phi) is 6.35. The molecule has 0 atom stereocenters. The van der Waals surface area contributed by atoms with Crippen LogP contribution in [0, 0.1) is 6.92 Å². The highest BCUT2D eigenvalue weighted by atomic mass is 35.5. The molecule has 0 bridgehead atoms. The van der Waals surface area contributed by atoms with Crippen LogP contribution in [0.5, 0.6) is 0 Å².